The summed E-state index contributed by atoms with van der Waals surface area (Å²) in [5, 5.41) is 12.9. The van der Waals surface area contributed by atoms with Gasteiger partial charge in [-0.25, -0.2) is 14.8 Å². The number of hydrogen-bond donors (Lipinski definition) is 2. The van der Waals surface area contributed by atoms with Gasteiger partial charge in [0.25, 0.3) is 0 Å². The van der Waals surface area contributed by atoms with Crippen LogP contribution in [-0.2, 0) is 6.54 Å². The normalized spacial score (nSPS) is 20.2. The summed E-state index contributed by atoms with van der Waals surface area (Å²) in [5.74, 6) is 0.969. The molecule has 0 bridgehead atoms. The Hall–Kier alpha value is -2.41. The maximum atomic E-state index is 12.3. The van der Waals surface area contributed by atoms with E-state index in [0.29, 0.717) is 13.1 Å². The quantitative estimate of drug-likeness (QED) is 0.869. The van der Waals surface area contributed by atoms with Crippen LogP contribution in [0.4, 0.5) is 4.79 Å². The Bertz CT molecular complexity index is 671. The standard InChI is InChI=1S/C18H25N5O2/c1-22(12-15-4-2-3-5-16(15)24)18(25)21-11-14-6-7-17(20-10-14)23-9-8-19-13-23/h6-10,13,15-16,24H,2-5,11-12H2,1H3,(H,21,25). The smallest absolute Gasteiger partial charge is 0.317 e. The number of aromatic nitrogens is 3. The Morgan fingerprint density at radius 2 is 2.24 bits per heavy atom. The van der Waals surface area contributed by atoms with Gasteiger partial charge in [-0.2, -0.15) is 0 Å². The molecule has 0 saturated heterocycles. The van der Waals surface area contributed by atoms with E-state index in [1.54, 1.807) is 30.7 Å². The molecular formula is C18H25N5O2. The zero-order valence-electron chi connectivity index (χ0n) is 14.5. The highest BCUT2D eigenvalue weighted by Crippen LogP contribution is 2.24. The zero-order chi connectivity index (χ0) is 17.6. The van der Waals surface area contributed by atoms with Gasteiger partial charge in [0.05, 0.1) is 6.10 Å². The Kier molecular flexibility index (Phi) is 5.65. The molecule has 2 N–H and O–H groups in total. The predicted octanol–water partition coefficient (Wildman–Crippen LogP) is 1.96. The molecule has 2 heterocycles. The van der Waals surface area contributed by atoms with Crippen molar-refractivity contribution in [3.63, 3.8) is 0 Å². The highest BCUT2D eigenvalue weighted by atomic mass is 16.3. The van der Waals surface area contributed by atoms with E-state index in [9.17, 15) is 9.90 Å². The molecule has 2 amide bonds. The molecule has 1 aliphatic rings. The van der Waals surface area contributed by atoms with Gasteiger partial charge in [-0.15, -0.1) is 0 Å². The van der Waals surface area contributed by atoms with Crippen LogP contribution in [0.3, 0.4) is 0 Å². The van der Waals surface area contributed by atoms with Crippen LogP contribution in [-0.4, -0.2) is 50.3 Å². The van der Waals surface area contributed by atoms with E-state index in [1.807, 2.05) is 22.9 Å². The number of pyridine rings is 1. The topological polar surface area (TPSA) is 83.3 Å². The third kappa shape index (κ3) is 4.57. The van der Waals surface area contributed by atoms with Crippen LogP contribution in [0, 0.1) is 5.92 Å². The number of hydrogen-bond acceptors (Lipinski definition) is 4. The Labute approximate surface area is 147 Å². The van der Waals surface area contributed by atoms with Gasteiger partial charge in [0.1, 0.15) is 12.1 Å². The average Bonchev–Trinajstić information content (AvgIpc) is 3.16. The van der Waals surface area contributed by atoms with Gasteiger partial charge in [0, 0.05) is 44.6 Å². The molecule has 0 aliphatic heterocycles. The molecule has 2 unspecified atom stereocenters. The Balaban J connectivity index is 1.48. The van der Waals surface area contributed by atoms with E-state index in [0.717, 1.165) is 37.1 Å². The van der Waals surface area contributed by atoms with E-state index < -0.39 is 0 Å². The van der Waals surface area contributed by atoms with Crippen LogP contribution < -0.4 is 5.32 Å². The van der Waals surface area contributed by atoms with Crippen molar-refractivity contribution in [2.24, 2.45) is 5.92 Å². The number of imidazole rings is 1. The molecule has 1 aliphatic carbocycles. The highest BCUT2D eigenvalue weighted by Gasteiger charge is 2.25. The number of urea groups is 1. The molecule has 134 valence electrons. The molecule has 2 aromatic heterocycles. The molecule has 0 spiro atoms. The summed E-state index contributed by atoms with van der Waals surface area (Å²) in [7, 11) is 1.77. The number of aliphatic hydroxyl groups is 1. The second-order valence-electron chi connectivity index (χ2n) is 6.65. The average molecular weight is 343 g/mol. The zero-order valence-corrected chi connectivity index (χ0v) is 14.5. The summed E-state index contributed by atoms with van der Waals surface area (Å²) in [6, 6.07) is 3.70. The van der Waals surface area contributed by atoms with E-state index in [-0.39, 0.29) is 18.1 Å². The first kappa shape index (κ1) is 17.4. The fraction of sp³-hybridized carbons (Fsp3) is 0.500. The van der Waals surface area contributed by atoms with Gasteiger partial charge < -0.3 is 15.3 Å². The third-order valence-corrected chi connectivity index (χ3v) is 4.75. The van der Waals surface area contributed by atoms with Crippen molar-refractivity contribution < 1.29 is 9.90 Å². The van der Waals surface area contributed by atoms with Crippen LogP contribution in [0.1, 0.15) is 31.2 Å². The summed E-state index contributed by atoms with van der Waals surface area (Å²) >= 11 is 0. The number of amides is 2. The summed E-state index contributed by atoms with van der Waals surface area (Å²) in [4.78, 5) is 22.3. The maximum absolute atomic E-state index is 12.3. The minimum atomic E-state index is -0.288. The molecule has 25 heavy (non-hydrogen) atoms. The Morgan fingerprint density at radius 3 is 2.92 bits per heavy atom. The second kappa shape index (κ2) is 8.11. The van der Waals surface area contributed by atoms with E-state index in [4.69, 9.17) is 0 Å². The van der Waals surface area contributed by atoms with Crippen molar-refractivity contribution in [1.82, 2.24) is 24.8 Å². The van der Waals surface area contributed by atoms with Crippen molar-refractivity contribution in [3.05, 3.63) is 42.6 Å². The number of aliphatic hydroxyl groups excluding tert-OH is 1. The molecule has 1 fully saturated rings. The summed E-state index contributed by atoms with van der Waals surface area (Å²) < 4.78 is 1.83. The van der Waals surface area contributed by atoms with Crippen LogP contribution in [0.5, 0.6) is 0 Å². The monoisotopic (exact) mass is 343 g/mol. The number of rotatable bonds is 5. The number of carbonyl (C=O) groups excluding carboxylic acids is 1. The van der Waals surface area contributed by atoms with Crippen LogP contribution in [0.15, 0.2) is 37.1 Å². The van der Waals surface area contributed by atoms with Gasteiger partial charge in [0.2, 0.25) is 0 Å². The Morgan fingerprint density at radius 1 is 1.40 bits per heavy atom. The van der Waals surface area contributed by atoms with Crippen LogP contribution in [0.2, 0.25) is 0 Å². The predicted molar refractivity (Wildman–Crippen MR) is 94.2 cm³/mol. The minimum absolute atomic E-state index is 0.128. The van der Waals surface area contributed by atoms with Crippen molar-refractivity contribution >= 4 is 6.03 Å². The lowest BCUT2D eigenvalue weighted by Crippen LogP contribution is -2.42. The molecule has 1 saturated carbocycles. The van der Waals surface area contributed by atoms with Crippen molar-refractivity contribution in [2.75, 3.05) is 13.6 Å². The molecule has 2 aromatic rings. The van der Waals surface area contributed by atoms with E-state index in [2.05, 4.69) is 15.3 Å². The highest BCUT2D eigenvalue weighted by molar-refractivity contribution is 5.73. The fourth-order valence-electron chi connectivity index (χ4n) is 3.22. The van der Waals surface area contributed by atoms with Crippen LogP contribution in [0.25, 0.3) is 5.82 Å². The first-order chi connectivity index (χ1) is 12.1. The van der Waals surface area contributed by atoms with Gasteiger partial charge in [-0.05, 0) is 24.5 Å². The largest absolute Gasteiger partial charge is 0.393 e. The fourth-order valence-corrected chi connectivity index (χ4v) is 3.22. The number of nitrogens with one attached hydrogen (secondary N) is 1. The lowest BCUT2D eigenvalue weighted by molar-refractivity contribution is 0.0565. The minimum Gasteiger partial charge on any atom is -0.393 e. The van der Waals surface area contributed by atoms with Gasteiger partial charge in [-0.1, -0.05) is 18.9 Å². The molecule has 0 radical (unpaired) electrons. The maximum Gasteiger partial charge on any atom is 0.317 e. The SMILES string of the molecule is CN(CC1CCCCC1O)C(=O)NCc1ccc(-n2ccnc2)nc1. The third-order valence-electron chi connectivity index (χ3n) is 4.75. The lowest BCUT2D eigenvalue weighted by Gasteiger charge is -2.31. The number of carbonyl (C=O) groups is 1. The second-order valence-corrected chi connectivity index (χ2v) is 6.65. The molecular weight excluding hydrogens is 318 g/mol. The van der Waals surface area contributed by atoms with Gasteiger partial charge in [0.15, 0.2) is 0 Å². The van der Waals surface area contributed by atoms with E-state index in [1.165, 1.54) is 0 Å². The van der Waals surface area contributed by atoms with Gasteiger partial charge in [-0.3, -0.25) is 4.57 Å². The first-order valence-corrected chi connectivity index (χ1v) is 8.74. The summed E-state index contributed by atoms with van der Waals surface area (Å²) in [6.07, 6.45) is 10.7. The van der Waals surface area contributed by atoms with Crippen molar-refractivity contribution in [1.29, 1.82) is 0 Å². The molecule has 7 heteroatoms. The van der Waals surface area contributed by atoms with Crippen molar-refractivity contribution in [2.45, 2.75) is 38.3 Å². The summed E-state index contributed by atoms with van der Waals surface area (Å²) in [5.41, 5.74) is 0.934. The molecule has 0 aromatic carbocycles. The molecule has 3 rings (SSSR count). The number of nitrogens with zero attached hydrogens (tertiary/aromatic N) is 4. The lowest BCUT2D eigenvalue weighted by atomic mass is 9.86. The summed E-state index contributed by atoms with van der Waals surface area (Å²) in [6.45, 7) is 1.01. The van der Waals surface area contributed by atoms with E-state index >= 15 is 0 Å². The molecule has 2 atom stereocenters. The van der Waals surface area contributed by atoms with Crippen LogP contribution >= 0.6 is 0 Å². The van der Waals surface area contributed by atoms with Gasteiger partial charge >= 0.3 is 6.03 Å². The molecule has 7 nitrogen and oxygen atoms in total. The first-order valence-electron chi connectivity index (χ1n) is 8.74. The van der Waals surface area contributed by atoms with Crippen molar-refractivity contribution in [3.8, 4) is 5.82 Å².